The minimum Gasteiger partial charge on any atom is -0.443 e. The summed E-state index contributed by atoms with van der Waals surface area (Å²) in [5, 5.41) is 3.79. The van der Waals surface area contributed by atoms with Crippen molar-refractivity contribution in [3.05, 3.63) is 47.5 Å². The molecule has 4 rings (SSSR count). The lowest BCUT2D eigenvalue weighted by Gasteiger charge is -2.30. The number of hydrogen-bond acceptors (Lipinski definition) is 7. The van der Waals surface area contributed by atoms with Crippen LogP contribution in [0.25, 0.3) is 16.8 Å². The Hall–Kier alpha value is -4.21. The number of carbonyl (C=O) groups excluding carboxylic acids is 5. The smallest absolute Gasteiger partial charge is 0.420 e. The number of anilines is 1. The number of carbonyl (C=O) groups is 5. The predicted molar refractivity (Wildman–Crippen MR) is 145 cm³/mol. The standard InChI is InChI=1S/C29H33N3O7/c1-28(2,3)38-26(36)31(27(37)39-29(4,5)6)16-8-9-17-12-13-20-23-18(17)10-7-11-19(23)25(35)32(20)21-14-15-22(33)30-24(21)34/h7-13,21H,14-16H2,1-6H3,(H,30,33,34)/b9-8+. The molecular formula is C29H33N3O7. The number of benzene rings is 2. The van der Waals surface area contributed by atoms with Crippen LogP contribution >= 0.6 is 0 Å². The second-order valence-electron chi connectivity index (χ2n) is 11.5. The zero-order valence-electron chi connectivity index (χ0n) is 23.0. The summed E-state index contributed by atoms with van der Waals surface area (Å²) in [5.41, 5.74) is 0.203. The largest absolute Gasteiger partial charge is 0.443 e. The summed E-state index contributed by atoms with van der Waals surface area (Å²) >= 11 is 0. The molecule has 1 saturated heterocycles. The average Bonchev–Trinajstić information content (AvgIpc) is 3.08. The van der Waals surface area contributed by atoms with E-state index in [4.69, 9.17) is 9.47 Å². The zero-order valence-corrected chi connectivity index (χ0v) is 23.0. The van der Waals surface area contributed by atoms with Crippen LogP contribution in [0.1, 0.15) is 70.3 Å². The van der Waals surface area contributed by atoms with Crippen molar-refractivity contribution in [2.45, 2.75) is 71.6 Å². The lowest BCUT2D eigenvalue weighted by Crippen LogP contribution is -2.53. The van der Waals surface area contributed by atoms with Crippen molar-refractivity contribution < 1.29 is 33.4 Å². The van der Waals surface area contributed by atoms with E-state index in [9.17, 15) is 24.0 Å². The molecule has 0 aliphatic carbocycles. The third kappa shape index (κ3) is 5.94. The van der Waals surface area contributed by atoms with Crippen molar-refractivity contribution in [1.29, 1.82) is 0 Å². The number of nitrogens with one attached hydrogen (secondary N) is 1. The molecule has 2 aliphatic rings. The fourth-order valence-electron chi connectivity index (χ4n) is 4.55. The maximum atomic E-state index is 13.3. The van der Waals surface area contributed by atoms with Gasteiger partial charge in [-0.05, 0) is 71.0 Å². The molecule has 2 aromatic rings. The van der Waals surface area contributed by atoms with Crippen LogP contribution in [-0.4, -0.2) is 58.6 Å². The maximum Gasteiger partial charge on any atom is 0.420 e. The van der Waals surface area contributed by atoms with Crippen LogP contribution in [0.3, 0.4) is 0 Å². The van der Waals surface area contributed by atoms with Gasteiger partial charge in [-0.3, -0.25) is 24.6 Å². The van der Waals surface area contributed by atoms with E-state index in [1.807, 2.05) is 6.07 Å². The summed E-state index contributed by atoms with van der Waals surface area (Å²) < 4.78 is 10.8. The second-order valence-corrected chi connectivity index (χ2v) is 11.5. The van der Waals surface area contributed by atoms with Gasteiger partial charge in [0.2, 0.25) is 11.8 Å². The number of ether oxygens (including phenoxy) is 2. The molecule has 1 fully saturated rings. The monoisotopic (exact) mass is 535 g/mol. The first kappa shape index (κ1) is 27.8. The third-order valence-electron chi connectivity index (χ3n) is 6.10. The van der Waals surface area contributed by atoms with Crippen molar-refractivity contribution >= 4 is 52.4 Å². The van der Waals surface area contributed by atoms with Gasteiger partial charge in [0.15, 0.2) is 0 Å². The van der Waals surface area contributed by atoms with Crippen molar-refractivity contribution in [2.24, 2.45) is 0 Å². The number of nitrogens with zero attached hydrogens (tertiary/aromatic N) is 2. The lowest BCUT2D eigenvalue weighted by atomic mass is 10.00. The average molecular weight is 536 g/mol. The van der Waals surface area contributed by atoms with E-state index in [1.165, 1.54) is 4.90 Å². The van der Waals surface area contributed by atoms with Crippen LogP contribution in [0.5, 0.6) is 0 Å². The van der Waals surface area contributed by atoms with Gasteiger partial charge in [-0.1, -0.05) is 30.4 Å². The first-order valence-corrected chi connectivity index (χ1v) is 12.8. The van der Waals surface area contributed by atoms with Crippen LogP contribution in [0.15, 0.2) is 36.4 Å². The molecule has 1 unspecified atom stereocenters. The van der Waals surface area contributed by atoms with Crippen LogP contribution in [0, 0.1) is 0 Å². The van der Waals surface area contributed by atoms with Crippen LogP contribution in [-0.2, 0) is 19.1 Å². The topological polar surface area (TPSA) is 122 Å². The molecule has 0 bridgehead atoms. The van der Waals surface area contributed by atoms with Crippen molar-refractivity contribution in [3.63, 3.8) is 0 Å². The Balaban J connectivity index is 1.63. The van der Waals surface area contributed by atoms with E-state index in [2.05, 4.69) is 5.32 Å². The normalized spacial score (nSPS) is 17.5. The van der Waals surface area contributed by atoms with Gasteiger partial charge in [-0.25, -0.2) is 14.5 Å². The third-order valence-corrected chi connectivity index (χ3v) is 6.10. The van der Waals surface area contributed by atoms with Crippen LogP contribution in [0.2, 0.25) is 0 Å². The molecule has 0 aromatic heterocycles. The van der Waals surface area contributed by atoms with E-state index in [0.717, 1.165) is 15.8 Å². The Morgan fingerprint density at radius 1 is 1.00 bits per heavy atom. The van der Waals surface area contributed by atoms with Crippen LogP contribution < -0.4 is 10.2 Å². The van der Waals surface area contributed by atoms with Gasteiger partial charge in [0.1, 0.15) is 17.2 Å². The van der Waals surface area contributed by atoms with E-state index in [-0.39, 0.29) is 31.2 Å². The van der Waals surface area contributed by atoms with Crippen molar-refractivity contribution in [2.75, 3.05) is 11.4 Å². The molecule has 39 heavy (non-hydrogen) atoms. The quantitative estimate of drug-likeness (QED) is 0.559. The molecule has 1 N–H and O–H groups in total. The highest BCUT2D eigenvalue weighted by molar-refractivity contribution is 6.27. The summed E-state index contributed by atoms with van der Waals surface area (Å²) in [6.45, 7) is 10.1. The van der Waals surface area contributed by atoms with Gasteiger partial charge in [0, 0.05) is 17.4 Å². The molecule has 5 amide bonds. The second kappa shape index (κ2) is 10.2. The molecule has 206 valence electrons. The molecule has 2 aliphatic heterocycles. The minimum absolute atomic E-state index is 0.103. The van der Waals surface area contributed by atoms with Gasteiger partial charge in [0.05, 0.1) is 12.2 Å². The highest BCUT2D eigenvalue weighted by atomic mass is 16.6. The zero-order chi connectivity index (χ0) is 28.7. The molecule has 2 heterocycles. The molecule has 0 radical (unpaired) electrons. The Morgan fingerprint density at radius 2 is 1.64 bits per heavy atom. The van der Waals surface area contributed by atoms with Crippen molar-refractivity contribution in [1.82, 2.24) is 10.2 Å². The highest BCUT2D eigenvalue weighted by Gasteiger charge is 2.40. The molecular weight excluding hydrogens is 502 g/mol. The van der Waals surface area contributed by atoms with Crippen LogP contribution in [0.4, 0.5) is 15.3 Å². The molecule has 1 atom stereocenters. The Morgan fingerprint density at radius 3 is 2.23 bits per heavy atom. The summed E-state index contributed by atoms with van der Waals surface area (Å²) in [6.07, 6.45) is 2.15. The molecule has 10 nitrogen and oxygen atoms in total. The predicted octanol–water partition coefficient (Wildman–Crippen LogP) is 4.79. The number of piperidine rings is 1. The number of hydrogen-bond donors (Lipinski definition) is 1. The SMILES string of the molecule is CC(C)(C)OC(=O)N(C/C=C/c1ccc2c3c(cccc13)C(=O)N2C1CCC(=O)NC1=O)C(=O)OC(C)(C)C. The molecule has 10 heteroatoms. The number of amides is 5. The van der Waals surface area contributed by atoms with Gasteiger partial charge < -0.3 is 9.47 Å². The van der Waals surface area contributed by atoms with Crippen molar-refractivity contribution in [3.8, 4) is 0 Å². The Kier molecular flexibility index (Phi) is 7.25. The van der Waals surface area contributed by atoms with E-state index in [1.54, 1.807) is 78.0 Å². The first-order valence-electron chi connectivity index (χ1n) is 12.8. The summed E-state index contributed by atoms with van der Waals surface area (Å²) in [4.78, 5) is 65.4. The molecule has 2 aromatic carbocycles. The summed E-state index contributed by atoms with van der Waals surface area (Å²) in [7, 11) is 0. The van der Waals surface area contributed by atoms with E-state index in [0.29, 0.717) is 16.6 Å². The Labute approximate surface area is 226 Å². The Bertz CT molecular complexity index is 1370. The maximum absolute atomic E-state index is 13.3. The van der Waals surface area contributed by atoms with E-state index >= 15 is 0 Å². The lowest BCUT2D eigenvalue weighted by molar-refractivity contribution is -0.134. The van der Waals surface area contributed by atoms with E-state index < -0.39 is 35.3 Å². The van der Waals surface area contributed by atoms with Gasteiger partial charge in [0.25, 0.3) is 5.91 Å². The summed E-state index contributed by atoms with van der Waals surface area (Å²) in [6, 6.07) is 8.13. The number of imide groups is 2. The number of rotatable bonds is 4. The highest BCUT2D eigenvalue weighted by Crippen LogP contribution is 2.41. The fourth-order valence-corrected chi connectivity index (χ4v) is 4.55. The van der Waals surface area contributed by atoms with Gasteiger partial charge in [-0.2, -0.15) is 0 Å². The molecule has 0 spiro atoms. The minimum atomic E-state index is -0.827. The summed E-state index contributed by atoms with van der Waals surface area (Å²) in [5.74, 6) is -1.14. The van der Waals surface area contributed by atoms with Gasteiger partial charge in [-0.15, -0.1) is 0 Å². The molecule has 0 saturated carbocycles. The fraction of sp³-hybridized carbons (Fsp3) is 0.414. The first-order chi connectivity index (χ1) is 18.2. The van der Waals surface area contributed by atoms with Gasteiger partial charge >= 0.3 is 12.2 Å².